The van der Waals surface area contributed by atoms with Gasteiger partial charge in [-0.1, -0.05) is 36.8 Å². The first kappa shape index (κ1) is 10.9. The van der Waals surface area contributed by atoms with E-state index < -0.39 is 0 Å². The third-order valence-electron chi connectivity index (χ3n) is 3.98. The minimum Gasteiger partial charge on any atom is -0.494 e. The molecule has 90 valence electrons. The van der Waals surface area contributed by atoms with Gasteiger partial charge < -0.3 is 4.74 Å². The molecule has 1 nitrogen and oxygen atoms in total. The Morgan fingerprint density at radius 1 is 1.12 bits per heavy atom. The largest absolute Gasteiger partial charge is 0.494 e. The van der Waals surface area contributed by atoms with Gasteiger partial charge in [-0.05, 0) is 43.7 Å². The van der Waals surface area contributed by atoms with Crippen LogP contribution >= 0.6 is 0 Å². The van der Waals surface area contributed by atoms with Gasteiger partial charge in [0, 0.05) is 0 Å². The van der Waals surface area contributed by atoms with Crippen LogP contribution in [0.5, 0.6) is 0 Å². The minimum atomic E-state index is 0.486. The van der Waals surface area contributed by atoms with Crippen molar-refractivity contribution in [2.24, 2.45) is 5.92 Å². The number of aryl methyl sites for hydroxylation is 1. The van der Waals surface area contributed by atoms with E-state index in [-0.39, 0.29) is 0 Å². The molecule has 0 unspecified atom stereocenters. The predicted octanol–water partition coefficient (Wildman–Crippen LogP) is 4.09. The molecule has 2 aliphatic rings. The normalized spacial score (nSPS) is 27.2. The number of fused-ring (bicyclic) bond motifs is 1. The molecule has 0 spiro atoms. The summed E-state index contributed by atoms with van der Waals surface area (Å²) in [7, 11) is 0. The lowest BCUT2D eigenvalue weighted by atomic mass is 9.86. The number of hydrogen-bond donors (Lipinski definition) is 0. The van der Waals surface area contributed by atoms with Crippen molar-refractivity contribution in [3.05, 3.63) is 47.7 Å². The maximum atomic E-state index is 5.91. The first-order valence-electron chi connectivity index (χ1n) is 6.84. The summed E-state index contributed by atoms with van der Waals surface area (Å²) < 4.78 is 5.91. The van der Waals surface area contributed by atoms with Crippen molar-refractivity contribution >= 4 is 0 Å². The zero-order chi connectivity index (χ0) is 11.5. The van der Waals surface area contributed by atoms with Crippen LogP contribution in [-0.2, 0) is 11.2 Å². The molecule has 0 bridgehead atoms. The van der Waals surface area contributed by atoms with Crippen LogP contribution in [0.4, 0.5) is 0 Å². The van der Waals surface area contributed by atoms with E-state index in [1.54, 1.807) is 0 Å². The first-order valence-corrected chi connectivity index (χ1v) is 6.84. The van der Waals surface area contributed by atoms with Crippen LogP contribution < -0.4 is 0 Å². The monoisotopic (exact) mass is 228 g/mol. The number of ether oxygens (including phenoxy) is 1. The SMILES string of the molecule is C1=C2O[C@@H](CCc3ccccc3)[C@@H]2CCCC1. The Morgan fingerprint density at radius 2 is 2.00 bits per heavy atom. The van der Waals surface area contributed by atoms with Crippen LogP contribution in [0.25, 0.3) is 0 Å². The zero-order valence-electron chi connectivity index (χ0n) is 10.3. The number of benzene rings is 1. The molecule has 0 aromatic heterocycles. The topological polar surface area (TPSA) is 9.23 Å². The summed E-state index contributed by atoms with van der Waals surface area (Å²) in [6.45, 7) is 0. The maximum absolute atomic E-state index is 5.91. The van der Waals surface area contributed by atoms with Crippen molar-refractivity contribution in [1.82, 2.24) is 0 Å². The fourth-order valence-corrected chi connectivity index (χ4v) is 2.95. The molecule has 1 aromatic carbocycles. The summed E-state index contributed by atoms with van der Waals surface area (Å²) >= 11 is 0. The summed E-state index contributed by atoms with van der Waals surface area (Å²) in [6, 6.07) is 10.7. The van der Waals surface area contributed by atoms with Gasteiger partial charge in [-0.15, -0.1) is 0 Å². The van der Waals surface area contributed by atoms with E-state index in [0.29, 0.717) is 6.10 Å². The molecular weight excluding hydrogens is 208 g/mol. The molecule has 0 amide bonds. The smallest absolute Gasteiger partial charge is 0.108 e. The van der Waals surface area contributed by atoms with E-state index in [1.807, 2.05) is 0 Å². The molecule has 17 heavy (non-hydrogen) atoms. The van der Waals surface area contributed by atoms with Gasteiger partial charge in [-0.3, -0.25) is 0 Å². The molecule has 1 aliphatic heterocycles. The Kier molecular flexibility index (Phi) is 3.17. The summed E-state index contributed by atoms with van der Waals surface area (Å²) in [5, 5.41) is 0. The van der Waals surface area contributed by atoms with Crippen LogP contribution in [0.1, 0.15) is 37.7 Å². The van der Waals surface area contributed by atoms with Gasteiger partial charge in [-0.2, -0.15) is 0 Å². The van der Waals surface area contributed by atoms with Crippen molar-refractivity contribution in [2.45, 2.75) is 44.6 Å². The quantitative estimate of drug-likeness (QED) is 0.757. The molecule has 0 N–H and O–H groups in total. The van der Waals surface area contributed by atoms with Gasteiger partial charge in [0.25, 0.3) is 0 Å². The number of hydrogen-bond acceptors (Lipinski definition) is 1. The Labute approximate surface area is 103 Å². The van der Waals surface area contributed by atoms with E-state index in [9.17, 15) is 0 Å². The van der Waals surface area contributed by atoms with Crippen molar-refractivity contribution in [3.63, 3.8) is 0 Å². The third-order valence-corrected chi connectivity index (χ3v) is 3.98. The standard InChI is InChI=1S/C16H20O/c1-3-7-13(8-4-1)11-12-16-14-9-5-2-6-10-15(14)17-16/h1,3-4,7-8,10,14,16H,2,5-6,9,11-12H2/t14-,16+/m1/s1. The average Bonchev–Trinajstić information content (AvgIpc) is 2.53. The van der Waals surface area contributed by atoms with Crippen molar-refractivity contribution in [1.29, 1.82) is 0 Å². The number of rotatable bonds is 3. The molecule has 2 atom stereocenters. The summed E-state index contributed by atoms with van der Waals surface area (Å²) in [6.07, 6.45) is 10.4. The molecule has 1 heteroatoms. The van der Waals surface area contributed by atoms with Gasteiger partial charge in [-0.25, -0.2) is 0 Å². The average molecular weight is 228 g/mol. The fraction of sp³-hybridized carbons (Fsp3) is 0.500. The zero-order valence-corrected chi connectivity index (χ0v) is 10.3. The molecule has 1 fully saturated rings. The maximum Gasteiger partial charge on any atom is 0.108 e. The summed E-state index contributed by atoms with van der Waals surface area (Å²) in [5.74, 6) is 2.03. The van der Waals surface area contributed by atoms with Crippen molar-refractivity contribution in [2.75, 3.05) is 0 Å². The van der Waals surface area contributed by atoms with Crippen LogP contribution in [0, 0.1) is 5.92 Å². The van der Waals surface area contributed by atoms with E-state index in [0.717, 1.165) is 12.3 Å². The minimum absolute atomic E-state index is 0.486. The highest BCUT2D eigenvalue weighted by Crippen LogP contribution is 2.40. The van der Waals surface area contributed by atoms with E-state index >= 15 is 0 Å². The predicted molar refractivity (Wildman–Crippen MR) is 69.7 cm³/mol. The Morgan fingerprint density at radius 3 is 2.88 bits per heavy atom. The molecule has 1 aliphatic carbocycles. The molecule has 1 aromatic rings. The second kappa shape index (κ2) is 4.95. The highest BCUT2D eigenvalue weighted by Gasteiger charge is 2.37. The molecular formula is C16H20O. The molecule has 0 saturated carbocycles. The van der Waals surface area contributed by atoms with Gasteiger partial charge in [0.15, 0.2) is 0 Å². The highest BCUT2D eigenvalue weighted by atomic mass is 16.5. The first-order chi connectivity index (χ1) is 8.43. The van der Waals surface area contributed by atoms with E-state index in [2.05, 4.69) is 36.4 Å². The van der Waals surface area contributed by atoms with Gasteiger partial charge in [0.05, 0.1) is 11.7 Å². The second-order valence-corrected chi connectivity index (χ2v) is 5.18. The Hall–Kier alpha value is -1.24. The van der Waals surface area contributed by atoms with Gasteiger partial charge >= 0.3 is 0 Å². The second-order valence-electron chi connectivity index (χ2n) is 5.18. The summed E-state index contributed by atoms with van der Waals surface area (Å²) in [4.78, 5) is 0. The molecule has 3 rings (SSSR count). The fourth-order valence-electron chi connectivity index (χ4n) is 2.95. The van der Waals surface area contributed by atoms with Crippen molar-refractivity contribution < 1.29 is 4.74 Å². The molecule has 1 saturated heterocycles. The van der Waals surface area contributed by atoms with E-state index in [4.69, 9.17) is 4.74 Å². The number of allylic oxidation sites excluding steroid dienone is 1. The van der Waals surface area contributed by atoms with E-state index in [1.165, 1.54) is 43.4 Å². The highest BCUT2D eigenvalue weighted by molar-refractivity contribution is 5.16. The lowest BCUT2D eigenvalue weighted by Crippen LogP contribution is -2.37. The van der Waals surface area contributed by atoms with Gasteiger partial charge in [0.2, 0.25) is 0 Å². The third kappa shape index (κ3) is 2.38. The van der Waals surface area contributed by atoms with Crippen LogP contribution in [-0.4, -0.2) is 6.10 Å². The van der Waals surface area contributed by atoms with Crippen molar-refractivity contribution in [3.8, 4) is 0 Å². The molecule has 0 radical (unpaired) electrons. The summed E-state index contributed by atoms with van der Waals surface area (Å²) in [5.41, 5.74) is 1.43. The Balaban J connectivity index is 1.54. The lowest BCUT2D eigenvalue weighted by Gasteiger charge is -2.40. The van der Waals surface area contributed by atoms with Crippen LogP contribution in [0.3, 0.4) is 0 Å². The van der Waals surface area contributed by atoms with Crippen LogP contribution in [0.2, 0.25) is 0 Å². The van der Waals surface area contributed by atoms with Crippen LogP contribution in [0.15, 0.2) is 42.2 Å². The molecule has 1 heterocycles. The lowest BCUT2D eigenvalue weighted by molar-refractivity contribution is -0.0506. The van der Waals surface area contributed by atoms with Gasteiger partial charge in [0.1, 0.15) is 6.10 Å². The Bertz CT molecular complexity index is 393.